The fourth-order valence-corrected chi connectivity index (χ4v) is 2.54. The summed E-state index contributed by atoms with van der Waals surface area (Å²) in [6.07, 6.45) is 0. The molecule has 106 valence electrons. The summed E-state index contributed by atoms with van der Waals surface area (Å²) < 4.78 is 1.69. The van der Waals surface area contributed by atoms with Crippen LogP contribution in [0.25, 0.3) is 17.1 Å². The van der Waals surface area contributed by atoms with E-state index in [9.17, 15) is 4.79 Å². The van der Waals surface area contributed by atoms with Crippen molar-refractivity contribution in [2.45, 2.75) is 20.8 Å². The number of aromatic amines is 1. The van der Waals surface area contributed by atoms with E-state index < -0.39 is 0 Å². The van der Waals surface area contributed by atoms with Crippen molar-refractivity contribution in [1.29, 1.82) is 0 Å². The van der Waals surface area contributed by atoms with Crippen LogP contribution in [0.15, 0.2) is 41.2 Å². The van der Waals surface area contributed by atoms with Gasteiger partial charge in [-0.15, -0.1) is 0 Å². The molecule has 0 saturated carbocycles. The molecule has 3 rings (SSSR count). The Bertz CT molecular complexity index is 846. The lowest BCUT2D eigenvalue weighted by molar-refractivity contribution is 0.763. The summed E-state index contributed by atoms with van der Waals surface area (Å²) in [5.74, 6) is 0.447. The zero-order valence-corrected chi connectivity index (χ0v) is 12.2. The summed E-state index contributed by atoms with van der Waals surface area (Å²) in [5, 5.41) is 4.52. The zero-order chi connectivity index (χ0) is 15.0. The standard InChI is InChI=1S/C16H16N4O/c1-10-9-14(21)18-16(17-10)20-12(3)15(11(2)19-20)13-7-5-4-6-8-13/h4-9H,1-3H3,(H,17,18,21). The van der Waals surface area contributed by atoms with E-state index in [1.807, 2.05) is 44.2 Å². The van der Waals surface area contributed by atoms with E-state index in [2.05, 4.69) is 15.1 Å². The smallest absolute Gasteiger partial charge is 0.252 e. The number of nitrogens with one attached hydrogen (secondary N) is 1. The van der Waals surface area contributed by atoms with Gasteiger partial charge in [0.2, 0.25) is 5.95 Å². The Hall–Kier alpha value is -2.69. The number of aromatic nitrogens is 4. The second-order valence-electron chi connectivity index (χ2n) is 5.03. The van der Waals surface area contributed by atoms with Crippen molar-refractivity contribution < 1.29 is 0 Å². The number of nitrogens with zero attached hydrogens (tertiary/aromatic N) is 3. The summed E-state index contributed by atoms with van der Waals surface area (Å²) >= 11 is 0. The quantitative estimate of drug-likeness (QED) is 0.784. The third-order valence-electron chi connectivity index (χ3n) is 3.41. The van der Waals surface area contributed by atoms with E-state index in [1.54, 1.807) is 11.6 Å². The minimum atomic E-state index is -0.175. The first-order valence-electron chi connectivity index (χ1n) is 6.76. The van der Waals surface area contributed by atoms with Crippen molar-refractivity contribution >= 4 is 0 Å². The van der Waals surface area contributed by atoms with E-state index in [4.69, 9.17) is 0 Å². The molecule has 0 radical (unpaired) electrons. The maximum Gasteiger partial charge on any atom is 0.252 e. The summed E-state index contributed by atoms with van der Waals surface area (Å²) in [4.78, 5) is 18.7. The van der Waals surface area contributed by atoms with Gasteiger partial charge in [-0.1, -0.05) is 30.3 Å². The summed E-state index contributed by atoms with van der Waals surface area (Å²) in [6.45, 7) is 5.73. The first-order chi connectivity index (χ1) is 10.1. The van der Waals surface area contributed by atoms with E-state index in [1.165, 1.54) is 6.07 Å². The third-order valence-corrected chi connectivity index (χ3v) is 3.41. The van der Waals surface area contributed by atoms with Crippen molar-refractivity contribution in [2.24, 2.45) is 0 Å². The molecule has 0 aliphatic rings. The molecule has 5 heteroatoms. The SMILES string of the molecule is Cc1cc(=O)[nH]c(-n2nc(C)c(-c3ccccc3)c2C)n1. The van der Waals surface area contributed by atoms with E-state index in [0.717, 1.165) is 22.5 Å². The summed E-state index contributed by atoms with van der Waals surface area (Å²) in [5.41, 5.74) is 4.53. The van der Waals surface area contributed by atoms with Crippen LogP contribution in [0.3, 0.4) is 0 Å². The van der Waals surface area contributed by atoms with Gasteiger partial charge in [0.05, 0.1) is 11.4 Å². The maximum absolute atomic E-state index is 11.6. The first kappa shape index (κ1) is 13.3. The molecule has 1 aromatic carbocycles. The van der Waals surface area contributed by atoms with E-state index in [-0.39, 0.29) is 5.56 Å². The lowest BCUT2D eigenvalue weighted by Gasteiger charge is -2.05. The number of benzene rings is 1. The fraction of sp³-hybridized carbons (Fsp3) is 0.188. The predicted octanol–water partition coefficient (Wildman–Crippen LogP) is 2.55. The molecule has 0 atom stereocenters. The summed E-state index contributed by atoms with van der Waals surface area (Å²) in [7, 11) is 0. The Morgan fingerprint density at radius 3 is 2.48 bits per heavy atom. The minimum Gasteiger partial charge on any atom is -0.291 e. The molecule has 0 aliphatic carbocycles. The van der Waals surface area contributed by atoms with Gasteiger partial charge in [-0.3, -0.25) is 9.78 Å². The monoisotopic (exact) mass is 280 g/mol. The van der Waals surface area contributed by atoms with Crippen LogP contribution in [0, 0.1) is 20.8 Å². The molecule has 0 bridgehead atoms. The highest BCUT2D eigenvalue weighted by atomic mass is 16.1. The Morgan fingerprint density at radius 1 is 1.10 bits per heavy atom. The molecule has 0 unspecified atom stereocenters. The predicted molar refractivity (Wildman–Crippen MR) is 81.6 cm³/mol. The zero-order valence-electron chi connectivity index (χ0n) is 12.2. The normalized spacial score (nSPS) is 10.8. The van der Waals surface area contributed by atoms with Crippen molar-refractivity contribution in [2.75, 3.05) is 0 Å². The number of hydrogen-bond donors (Lipinski definition) is 1. The van der Waals surface area contributed by atoms with Crippen molar-refractivity contribution in [1.82, 2.24) is 19.7 Å². The van der Waals surface area contributed by atoms with Gasteiger partial charge in [0.15, 0.2) is 0 Å². The Kier molecular flexibility index (Phi) is 3.17. The molecule has 0 amide bonds. The topological polar surface area (TPSA) is 63.6 Å². The molecule has 0 aliphatic heterocycles. The molecular weight excluding hydrogens is 264 g/mol. The molecule has 5 nitrogen and oxygen atoms in total. The van der Waals surface area contributed by atoms with E-state index in [0.29, 0.717) is 11.6 Å². The first-order valence-corrected chi connectivity index (χ1v) is 6.76. The van der Waals surface area contributed by atoms with Gasteiger partial charge in [0.1, 0.15) is 0 Å². The van der Waals surface area contributed by atoms with Crippen LogP contribution in [0.2, 0.25) is 0 Å². The maximum atomic E-state index is 11.6. The highest BCUT2D eigenvalue weighted by Crippen LogP contribution is 2.27. The van der Waals surface area contributed by atoms with Gasteiger partial charge in [-0.25, -0.2) is 9.67 Å². The highest BCUT2D eigenvalue weighted by molar-refractivity contribution is 5.68. The minimum absolute atomic E-state index is 0.175. The molecule has 3 aromatic rings. The van der Waals surface area contributed by atoms with Crippen LogP contribution in [-0.2, 0) is 0 Å². The van der Waals surface area contributed by atoms with Gasteiger partial charge >= 0.3 is 0 Å². The fourth-order valence-electron chi connectivity index (χ4n) is 2.54. The molecular formula is C16H16N4O. The number of hydrogen-bond acceptors (Lipinski definition) is 3. The van der Waals surface area contributed by atoms with E-state index >= 15 is 0 Å². The van der Waals surface area contributed by atoms with Crippen molar-refractivity contribution in [3.63, 3.8) is 0 Å². The van der Waals surface area contributed by atoms with Crippen LogP contribution in [-0.4, -0.2) is 19.7 Å². The number of aryl methyl sites for hydroxylation is 2. The Morgan fingerprint density at radius 2 is 1.81 bits per heavy atom. The van der Waals surface area contributed by atoms with Crippen LogP contribution >= 0.6 is 0 Å². The van der Waals surface area contributed by atoms with Crippen molar-refractivity contribution in [3.05, 3.63) is 63.8 Å². The average Bonchev–Trinajstić information content (AvgIpc) is 2.74. The van der Waals surface area contributed by atoms with Crippen molar-refractivity contribution in [3.8, 4) is 17.1 Å². The lowest BCUT2D eigenvalue weighted by Crippen LogP contribution is -2.14. The molecule has 0 saturated heterocycles. The number of rotatable bonds is 2. The van der Waals surface area contributed by atoms with Crippen LogP contribution in [0.4, 0.5) is 0 Å². The van der Waals surface area contributed by atoms with Gasteiger partial charge < -0.3 is 0 Å². The van der Waals surface area contributed by atoms with Crippen LogP contribution in [0.1, 0.15) is 17.1 Å². The second-order valence-corrected chi connectivity index (χ2v) is 5.03. The largest absolute Gasteiger partial charge is 0.291 e. The van der Waals surface area contributed by atoms with Crippen LogP contribution < -0.4 is 5.56 Å². The molecule has 2 aromatic heterocycles. The molecule has 21 heavy (non-hydrogen) atoms. The third kappa shape index (κ3) is 2.38. The molecule has 1 N–H and O–H groups in total. The molecule has 0 spiro atoms. The Labute approximate surface area is 122 Å². The highest BCUT2D eigenvalue weighted by Gasteiger charge is 2.15. The Balaban J connectivity index is 2.21. The van der Waals surface area contributed by atoms with Gasteiger partial charge in [0.25, 0.3) is 5.56 Å². The summed E-state index contributed by atoms with van der Waals surface area (Å²) in [6, 6.07) is 11.5. The molecule has 2 heterocycles. The number of H-pyrrole nitrogens is 1. The van der Waals surface area contributed by atoms with Gasteiger partial charge in [-0.2, -0.15) is 5.10 Å². The lowest BCUT2D eigenvalue weighted by atomic mass is 10.0. The second kappa shape index (κ2) is 5.01. The molecule has 0 fully saturated rings. The van der Waals surface area contributed by atoms with Gasteiger partial charge in [-0.05, 0) is 26.3 Å². The van der Waals surface area contributed by atoms with Crippen LogP contribution in [0.5, 0.6) is 0 Å². The van der Waals surface area contributed by atoms with Gasteiger partial charge in [0, 0.05) is 17.3 Å². The average molecular weight is 280 g/mol.